The van der Waals surface area contributed by atoms with Gasteiger partial charge in [0.25, 0.3) is 32.1 Å². The van der Waals surface area contributed by atoms with Gasteiger partial charge in [-0.25, -0.2) is 15.0 Å². The van der Waals surface area contributed by atoms with E-state index in [0.29, 0.717) is 107 Å². The predicted octanol–water partition coefficient (Wildman–Crippen LogP) is 6.10. The smallest absolute Gasteiger partial charge is 0.264 e. The molecule has 0 spiro atoms. The van der Waals surface area contributed by atoms with Gasteiger partial charge in [-0.1, -0.05) is 68.6 Å². The highest BCUT2D eigenvalue weighted by molar-refractivity contribution is 7.86. The molecule has 3 unspecified atom stereocenters. The third-order valence-corrected chi connectivity index (χ3v) is 20.8. The molecule has 0 bridgehead atoms. The Morgan fingerprint density at radius 2 is 0.874 bits per heavy atom. The molecule has 7 N–H and O–H groups in total. The Bertz CT molecular complexity index is 4500. The van der Waals surface area contributed by atoms with E-state index in [2.05, 4.69) is 67.8 Å². The van der Waals surface area contributed by atoms with E-state index in [4.69, 9.17) is 38.3 Å². The van der Waals surface area contributed by atoms with Crippen molar-refractivity contribution in [3.63, 3.8) is 0 Å². The average Bonchev–Trinajstić information content (AvgIpc) is 1.35. The van der Waals surface area contributed by atoms with Gasteiger partial charge in [-0.3, -0.25) is 51.9 Å². The zero-order valence-corrected chi connectivity index (χ0v) is 62.6. The normalized spacial score (nSPS) is 15.6. The van der Waals surface area contributed by atoms with Gasteiger partial charge in [0, 0.05) is 131 Å². The lowest BCUT2D eigenvalue weighted by Gasteiger charge is -2.35. The predicted molar refractivity (Wildman–Crippen MR) is 394 cm³/mol. The monoisotopic (exact) mass is 1510 g/mol. The second-order valence-electron chi connectivity index (χ2n) is 25.2. The molecule has 0 aliphatic carbocycles. The molecule has 4 atom stereocenters. The molecule has 3 aromatic heterocycles. The zero-order chi connectivity index (χ0) is 74.8. The summed E-state index contributed by atoms with van der Waals surface area (Å²) in [6.07, 6.45) is 4.73. The number of Topliss-reactive ketones (excluding diaryl/α,β-unsaturated/α-hetero) is 1. The number of carbonyl (C=O) groups excluding carboxylic acids is 3. The van der Waals surface area contributed by atoms with E-state index in [1.807, 2.05) is 6.92 Å². The average molecular weight is 1510 g/mol. The molecule has 103 heavy (non-hydrogen) atoms. The second kappa shape index (κ2) is 39.3. The van der Waals surface area contributed by atoms with Crippen LogP contribution in [0.25, 0.3) is 0 Å². The molecule has 552 valence electrons. The van der Waals surface area contributed by atoms with E-state index in [0.717, 1.165) is 32.1 Å². The lowest BCUT2D eigenvalue weighted by Crippen LogP contribution is -2.44. The standard InChI is InChI=1S/C72H89N8O18P3S2/c1-6-8-9-13-63-50-79(48-61-42-58(45-71(76-61)100(4,86)87)19-16-55-25-31-67(32-26-55)98-53-69(83)74-34-12-40-103(93,94)95)36-35-78(37-38-80(63)49-62-43-59(46-72(77-62)101(5,88)89)20-17-56-23-29-66(30-24-56)97-52-68(82)73-33-7-2)47-60-41-57(44-70(75-60)99(3,84)85)18-15-54-21-27-65(28-22-54)96-51-64(81)14-10-11-39-102(90,91)92/h21-32,41-46,63H,6-14,33-40,47-53H2,1-5H3,(H,73,82)(H,74,83)(H,84,85)(H,86,87)(H,88,89)(H,90,91,92)(H,93,94,95)/t63-/m0/s1. The van der Waals surface area contributed by atoms with Crippen molar-refractivity contribution >= 4 is 76.2 Å². The first-order chi connectivity index (χ1) is 48.7. The molecule has 2 amide bonds. The highest BCUT2D eigenvalue weighted by Gasteiger charge is 2.29. The fourth-order valence-corrected chi connectivity index (χ4v) is 13.7. The molecule has 0 saturated carbocycles. The summed E-state index contributed by atoms with van der Waals surface area (Å²) >= 11 is 0. The van der Waals surface area contributed by atoms with Crippen LogP contribution in [0.4, 0.5) is 0 Å². The molecule has 7 rings (SSSR count). The van der Waals surface area contributed by atoms with Crippen LogP contribution < -0.4 is 41.1 Å². The van der Waals surface area contributed by atoms with Gasteiger partial charge < -0.3 is 39.5 Å². The van der Waals surface area contributed by atoms with Crippen LogP contribution in [0.3, 0.4) is 0 Å². The van der Waals surface area contributed by atoms with Gasteiger partial charge in [0.1, 0.15) is 40.2 Å². The van der Waals surface area contributed by atoms with Crippen molar-refractivity contribution in [3.05, 3.63) is 160 Å². The van der Waals surface area contributed by atoms with Crippen LogP contribution in [-0.2, 0) is 67.9 Å². The first-order valence-corrected chi connectivity index (χ1v) is 43.1. The summed E-state index contributed by atoms with van der Waals surface area (Å²) in [5, 5.41) is 5.31. The number of unbranched alkanes of at least 4 members (excludes halogenated alkanes) is 3. The number of nitrogens with zero attached hydrogens (tertiary/aromatic N) is 6. The molecule has 26 nitrogen and oxygen atoms in total. The van der Waals surface area contributed by atoms with Crippen LogP contribution in [-0.4, -0.2) is 191 Å². The topological polar surface area (TPSA) is 372 Å². The number of pyridine rings is 3. The highest BCUT2D eigenvalue weighted by atomic mass is 32.2. The zero-order valence-electron chi connectivity index (χ0n) is 58.3. The van der Waals surface area contributed by atoms with Crippen molar-refractivity contribution in [2.45, 2.75) is 97.3 Å². The van der Waals surface area contributed by atoms with Crippen molar-refractivity contribution in [3.8, 4) is 52.8 Å². The maximum absolute atomic E-state index is 13.6. The number of aromatic nitrogens is 3. The summed E-state index contributed by atoms with van der Waals surface area (Å²) in [5.41, 5.74) is 4.28. The Balaban J connectivity index is 1.20. The number of ether oxygens (including phenoxy) is 3. The Hall–Kier alpha value is -7.93. The van der Waals surface area contributed by atoms with Gasteiger partial charge in [0.05, 0.1) is 28.6 Å². The molecule has 0 radical (unpaired) electrons. The van der Waals surface area contributed by atoms with Crippen molar-refractivity contribution in [2.24, 2.45) is 0 Å². The van der Waals surface area contributed by atoms with Crippen molar-refractivity contribution < 1.29 is 82.9 Å². The number of amides is 2. The third-order valence-electron chi connectivity index (χ3n) is 15.9. The van der Waals surface area contributed by atoms with E-state index in [-0.39, 0.29) is 106 Å². The molecule has 1 fully saturated rings. The number of carbonyl (C=O) groups is 3. The fraction of sp³-hybridized carbons (Fsp3) is 0.417. The number of nitrogens with one attached hydrogen (secondary N) is 2. The lowest BCUT2D eigenvalue weighted by molar-refractivity contribution is -0.123. The second-order valence-corrected chi connectivity index (χ2v) is 35.0. The quantitative estimate of drug-likeness (QED) is 0.0106. The molecule has 31 heteroatoms. The van der Waals surface area contributed by atoms with E-state index >= 15 is 0 Å². The maximum atomic E-state index is 13.6. The largest absolute Gasteiger partial charge is 0.486 e. The van der Waals surface area contributed by atoms with Gasteiger partial charge in [-0.15, -0.1) is 0 Å². The summed E-state index contributed by atoms with van der Waals surface area (Å²) in [6, 6.07) is 29.8. The summed E-state index contributed by atoms with van der Waals surface area (Å²) in [7, 11) is -20.2. The number of hydrogen-bond donors (Lipinski definition) is 7. The third kappa shape index (κ3) is 30.7. The Morgan fingerprint density at radius 3 is 1.30 bits per heavy atom. The van der Waals surface area contributed by atoms with Gasteiger partial charge in [0.15, 0.2) is 19.0 Å². The molecular weight excluding hydrogens is 1420 g/mol. The van der Waals surface area contributed by atoms with Crippen molar-refractivity contribution in [2.75, 3.05) is 97.1 Å². The van der Waals surface area contributed by atoms with E-state index in [9.17, 15) is 59.6 Å². The van der Waals surface area contributed by atoms with Crippen molar-refractivity contribution in [1.82, 2.24) is 40.3 Å². The van der Waals surface area contributed by atoms with Crippen LogP contribution in [0.15, 0.2) is 109 Å². The Kier molecular flexibility index (Phi) is 31.4. The van der Waals surface area contributed by atoms with Gasteiger partial charge in [-0.2, -0.15) is 16.8 Å². The van der Waals surface area contributed by atoms with E-state index in [1.54, 1.807) is 91.0 Å². The number of ketones is 1. The summed E-state index contributed by atoms with van der Waals surface area (Å²) < 4.78 is 120. The molecule has 1 aliphatic rings. The molecule has 6 aromatic rings. The molecule has 3 aromatic carbocycles. The first-order valence-electron chi connectivity index (χ1n) is 33.6. The first kappa shape index (κ1) is 82.4. The highest BCUT2D eigenvalue weighted by Crippen LogP contribution is 2.36. The minimum Gasteiger partial charge on any atom is -0.486 e. The number of benzene rings is 3. The summed E-state index contributed by atoms with van der Waals surface area (Å²) in [5.74, 6) is 18.1. The Morgan fingerprint density at radius 1 is 0.485 bits per heavy atom. The molecule has 1 aliphatic heterocycles. The lowest BCUT2D eigenvalue weighted by atomic mass is 10.0. The van der Waals surface area contributed by atoms with Crippen LogP contribution in [0.2, 0.25) is 0 Å². The van der Waals surface area contributed by atoms with E-state index < -0.39 is 59.8 Å². The van der Waals surface area contributed by atoms with Crippen LogP contribution in [0.5, 0.6) is 17.2 Å². The van der Waals surface area contributed by atoms with Crippen molar-refractivity contribution in [1.29, 1.82) is 0 Å². The number of rotatable bonds is 33. The Labute approximate surface area is 603 Å². The van der Waals surface area contributed by atoms with Gasteiger partial charge in [0.2, 0.25) is 22.1 Å². The molecule has 4 heterocycles. The minimum atomic E-state index is -4.16. The SMILES string of the molecule is CCCCC[C@H]1CN(Cc2cc(C#Cc3ccc(OCC(=O)NCCCS(=O)(=O)O)cc3)cc(P(C)(=O)O)n2)CCN(Cc2cc(C#Cc3ccc(OCC(=O)CCCCS(=O)(=O)O)cc3)cc(P(C)(=O)O)n2)CCN1Cc1cc(C#Cc2ccc(OCC(=O)NCCC)cc2)cc(P(C)(=O)O)n1. The maximum Gasteiger partial charge on any atom is 0.264 e. The van der Waals surface area contributed by atoms with Gasteiger partial charge in [-0.05, 0) is 141 Å². The minimum absolute atomic E-state index is 0.0221. The molecular formula is C72H89N8O18P3S2. The van der Waals surface area contributed by atoms with Gasteiger partial charge >= 0.3 is 0 Å². The van der Waals surface area contributed by atoms with Crippen LogP contribution >= 0.6 is 22.1 Å². The number of hydrogen-bond acceptors (Lipinski definition) is 19. The summed E-state index contributed by atoms with van der Waals surface area (Å²) in [6.45, 7) is 10.3. The van der Waals surface area contributed by atoms with Crippen LogP contribution in [0, 0.1) is 35.5 Å². The van der Waals surface area contributed by atoms with Crippen LogP contribution in [0.1, 0.15) is 122 Å². The summed E-state index contributed by atoms with van der Waals surface area (Å²) in [4.78, 5) is 91.1. The van der Waals surface area contributed by atoms with E-state index in [1.165, 1.54) is 38.2 Å². The molecule has 1 saturated heterocycles. The fourth-order valence-electron chi connectivity index (χ4n) is 10.6.